The first-order valence-electron chi connectivity index (χ1n) is 4.22. The van der Waals surface area contributed by atoms with Gasteiger partial charge in [0, 0.05) is 5.56 Å². The summed E-state index contributed by atoms with van der Waals surface area (Å²) in [5, 5.41) is 27.4. The summed E-state index contributed by atoms with van der Waals surface area (Å²) in [7, 11) is 0. The molecule has 3 heteroatoms. The van der Waals surface area contributed by atoms with Crippen LogP contribution in [-0.4, -0.2) is 28.0 Å². The molecule has 0 spiro atoms. The van der Waals surface area contributed by atoms with Gasteiger partial charge < -0.3 is 15.3 Å². The summed E-state index contributed by atoms with van der Waals surface area (Å²) in [6.45, 7) is -0.485. The van der Waals surface area contributed by atoms with Gasteiger partial charge in [0.25, 0.3) is 0 Å². The number of benzene rings is 1. The molecule has 0 saturated carbocycles. The van der Waals surface area contributed by atoms with Crippen molar-refractivity contribution in [2.75, 3.05) is 6.61 Å². The lowest BCUT2D eigenvalue weighted by Gasteiger charge is -2.15. The molecule has 0 amide bonds. The van der Waals surface area contributed by atoms with Crippen molar-refractivity contribution in [3.63, 3.8) is 0 Å². The average Bonchev–Trinajstić information content (AvgIpc) is 2.27. The van der Waals surface area contributed by atoms with Crippen LogP contribution in [0.15, 0.2) is 24.3 Å². The van der Waals surface area contributed by atoms with Gasteiger partial charge in [-0.3, -0.25) is 0 Å². The molecule has 1 aromatic carbocycles. The summed E-state index contributed by atoms with van der Waals surface area (Å²) in [5.74, 6) is 2.42. The van der Waals surface area contributed by atoms with Crippen molar-refractivity contribution in [2.24, 2.45) is 0 Å². The lowest BCUT2D eigenvalue weighted by atomic mass is 10.0. The minimum absolute atomic E-state index is 0.485. The minimum Gasteiger partial charge on any atom is -0.394 e. The number of hydrogen-bond acceptors (Lipinski definition) is 3. The van der Waals surface area contributed by atoms with Crippen LogP contribution in [0.25, 0.3) is 0 Å². The number of aliphatic hydroxyl groups is 3. The van der Waals surface area contributed by atoms with Gasteiger partial charge in [0.05, 0.1) is 6.61 Å². The van der Waals surface area contributed by atoms with Crippen molar-refractivity contribution >= 4 is 0 Å². The van der Waals surface area contributed by atoms with E-state index in [4.69, 9.17) is 11.5 Å². The molecule has 74 valence electrons. The maximum Gasteiger partial charge on any atom is 0.107 e. The van der Waals surface area contributed by atoms with Crippen LogP contribution < -0.4 is 0 Å². The van der Waals surface area contributed by atoms with Crippen LogP contribution in [0.2, 0.25) is 0 Å². The van der Waals surface area contributed by atoms with Gasteiger partial charge in [0.15, 0.2) is 0 Å². The van der Waals surface area contributed by atoms with Crippen LogP contribution in [0.1, 0.15) is 17.2 Å². The van der Waals surface area contributed by atoms with Crippen LogP contribution in [-0.2, 0) is 0 Å². The van der Waals surface area contributed by atoms with Crippen molar-refractivity contribution < 1.29 is 15.3 Å². The van der Waals surface area contributed by atoms with Gasteiger partial charge in [-0.1, -0.05) is 18.1 Å². The Morgan fingerprint density at radius 2 is 2.07 bits per heavy atom. The summed E-state index contributed by atoms with van der Waals surface area (Å²) in [6, 6.07) is 6.66. The third-order valence-electron chi connectivity index (χ3n) is 1.95. The zero-order valence-electron chi connectivity index (χ0n) is 7.59. The van der Waals surface area contributed by atoms with Crippen LogP contribution in [0.3, 0.4) is 0 Å². The monoisotopic (exact) mass is 192 g/mol. The first-order valence-corrected chi connectivity index (χ1v) is 4.22. The van der Waals surface area contributed by atoms with Gasteiger partial charge in [-0.15, -0.1) is 6.42 Å². The molecule has 2 unspecified atom stereocenters. The lowest BCUT2D eigenvalue weighted by molar-refractivity contribution is -0.0152. The summed E-state index contributed by atoms with van der Waals surface area (Å²) >= 11 is 0. The van der Waals surface area contributed by atoms with E-state index < -0.39 is 18.8 Å². The minimum atomic E-state index is -1.18. The molecule has 0 aliphatic carbocycles. The first-order chi connectivity index (χ1) is 6.69. The van der Waals surface area contributed by atoms with Gasteiger partial charge in [-0.25, -0.2) is 0 Å². The highest BCUT2D eigenvalue weighted by Gasteiger charge is 2.16. The molecule has 0 saturated heterocycles. The Morgan fingerprint density at radius 3 is 2.64 bits per heavy atom. The van der Waals surface area contributed by atoms with E-state index in [1.807, 2.05) is 0 Å². The number of terminal acetylenes is 1. The lowest BCUT2D eigenvalue weighted by Crippen LogP contribution is -2.22. The third kappa shape index (κ3) is 2.33. The van der Waals surface area contributed by atoms with Gasteiger partial charge >= 0.3 is 0 Å². The fraction of sp³-hybridized carbons (Fsp3) is 0.273. The van der Waals surface area contributed by atoms with E-state index in [1.54, 1.807) is 24.3 Å². The van der Waals surface area contributed by atoms with Crippen LogP contribution >= 0.6 is 0 Å². The van der Waals surface area contributed by atoms with Crippen LogP contribution in [0, 0.1) is 12.3 Å². The smallest absolute Gasteiger partial charge is 0.107 e. The standard InChI is InChI=1S/C11H12O3/c1-2-8-4-3-5-9(6-8)11(14)10(13)7-12/h1,3-6,10-14H,7H2. The third-order valence-corrected chi connectivity index (χ3v) is 1.95. The highest BCUT2D eigenvalue weighted by molar-refractivity contribution is 5.36. The predicted octanol–water partition coefficient (Wildman–Crippen LogP) is 0.0545. The zero-order chi connectivity index (χ0) is 10.6. The van der Waals surface area contributed by atoms with Crippen molar-refractivity contribution in [1.82, 2.24) is 0 Å². The molecular weight excluding hydrogens is 180 g/mol. The largest absolute Gasteiger partial charge is 0.394 e. The molecule has 0 bridgehead atoms. The predicted molar refractivity (Wildman–Crippen MR) is 52.4 cm³/mol. The molecule has 0 aromatic heterocycles. The first kappa shape index (κ1) is 10.7. The van der Waals surface area contributed by atoms with Crippen molar-refractivity contribution in [3.05, 3.63) is 35.4 Å². The molecule has 0 fully saturated rings. The molecule has 2 atom stereocenters. The fourth-order valence-corrected chi connectivity index (χ4v) is 1.13. The molecule has 0 aliphatic rings. The van der Waals surface area contributed by atoms with Gasteiger partial charge in [-0.05, 0) is 17.7 Å². The maximum atomic E-state index is 9.53. The molecule has 0 radical (unpaired) electrons. The Balaban J connectivity index is 2.91. The van der Waals surface area contributed by atoms with E-state index in [2.05, 4.69) is 5.92 Å². The average molecular weight is 192 g/mol. The summed E-state index contributed by atoms with van der Waals surface area (Å²) < 4.78 is 0. The van der Waals surface area contributed by atoms with E-state index in [-0.39, 0.29) is 0 Å². The normalized spacial score (nSPS) is 14.4. The Bertz CT molecular complexity index is 341. The van der Waals surface area contributed by atoms with Crippen molar-refractivity contribution in [2.45, 2.75) is 12.2 Å². The molecule has 3 N–H and O–H groups in total. The van der Waals surface area contributed by atoms with Gasteiger partial charge in [0.1, 0.15) is 12.2 Å². The van der Waals surface area contributed by atoms with Crippen LogP contribution in [0.5, 0.6) is 0 Å². The number of hydrogen-bond donors (Lipinski definition) is 3. The van der Waals surface area contributed by atoms with E-state index in [9.17, 15) is 10.2 Å². The summed E-state index contributed by atoms with van der Waals surface area (Å²) in [5.41, 5.74) is 1.13. The number of aliphatic hydroxyl groups excluding tert-OH is 3. The molecule has 0 heterocycles. The number of rotatable bonds is 3. The van der Waals surface area contributed by atoms with E-state index in [1.165, 1.54) is 0 Å². The van der Waals surface area contributed by atoms with E-state index >= 15 is 0 Å². The Hall–Kier alpha value is -1.34. The SMILES string of the molecule is C#Cc1cccc(C(O)C(O)CO)c1. The Kier molecular flexibility index (Phi) is 3.66. The molecule has 0 aliphatic heterocycles. The highest BCUT2D eigenvalue weighted by atomic mass is 16.4. The van der Waals surface area contributed by atoms with E-state index in [0.29, 0.717) is 11.1 Å². The quantitative estimate of drug-likeness (QED) is 0.593. The second-order valence-corrected chi connectivity index (χ2v) is 2.96. The molecule has 1 aromatic rings. The summed E-state index contributed by atoms with van der Waals surface area (Å²) in [4.78, 5) is 0. The molecular formula is C11H12O3. The second kappa shape index (κ2) is 4.77. The topological polar surface area (TPSA) is 60.7 Å². The highest BCUT2D eigenvalue weighted by Crippen LogP contribution is 2.17. The zero-order valence-corrected chi connectivity index (χ0v) is 7.59. The van der Waals surface area contributed by atoms with E-state index in [0.717, 1.165) is 0 Å². The Morgan fingerprint density at radius 1 is 1.36 bits per heavy atom. The Labute approximate surface area is 82.6 Å². The molecule has 3 nitrogen and oxygen atoms in total. The summed E-state index contributed by atoms with van der Waals surface area (Å²) in [6.07, 6.45) is 2.90. The van der Waals surface area contributed by atoms with Crippen molar-refractivity contribution in [3.8, 4) is 12.3 Å². The maximum absolute atomic E-state index is 9.53. The second-order valence-electron chi connectivity index (χ2n) is 2.96. The molecule has 14 heavy (non-hydrogen) atoms. The fourth-order valence-electron chi connectivity index (χ4n) is 1.13. The van der Waals surface area contributed by atoms with Gasteiger partial charge in [0.2, 0.25) is 0 Å². The molecule has 1 rings (SSSR count). The van der Waals surface area contributed by atoms with Crippen molar-refractivity contribution in [1.29, 1.82) is 0 Å². The van der Waals surface area contributed by atoms with Crippen LogP contribution in [0.4, 0.5) is 0 Å². The van der Waals surface area contributed by atoms with Gasteiger partial charge in [-0.2, -0.15) is 0 Å².